The summed E-state index contributed by atoms with van der Waals surface area (Å²) in [5.74, 6) is 0.660. The van der Waals surface area contributed by atoms with Gasteiger partial charge in [-0.25, -0.2) is 0 Å². The summed E-state index contributed by atoms with van der Waals surface area (Å²) < 4.78 is 0. The van der Waals surface area contributed by atoms with Gasteiger partial charge < -0.3 is 5.32 Å². The molecule has 0 aliphatic heterocycles. The van der Waals surface area contributed by atoms with Crippen molar-refractivity contribution in [3.63, 3.8) is 0 Å². The lowest BCUT2D eigenvalue weighted by atomic mass is 9.91. The molecule has 0 heterocycles. The summed E-state index contributed by atoms with van der Waals surface area (Å²) in [5.41, 5.74) is 1.42. The first-order valence-electron chi connectivity index (χ1n) is 7.48. The number of hydrogen-bond acceptors (Lipinski definition) is 1. The fourth-order valence-corrected chi connectivity index (χ4v) is 2.58. The summed E-state index contributed by atoms with van der Waals surface area (Å²) in [5, 5.41) is 6.36. The third-order valence-electron chi connectivity index (χ3n) is 3.96. The zero-order valence-electron chi connectivity index (χ0n) is 12.3. The van der Waals surface area contributed by atoms with Gasteiger partial charge in [0.05, 0.1) is 0 Å². The van der Waals surface area contributed by atoms with E-state index < -0.39 is 0 Å². The fraction of sp³-hybridized carbons (Fsp3) is 0.444. The number of fused-ring (bicyclic) bond motifs is 1. The van der Waals surface area contributed by atoms with E-state index in [9.17, 15) is 0 Å². The van der Waals surface area contributed by atoms with Gasteiger partial charge in [0.2, 0.25) is 0 Å². The Hall–Kier alpha value is -1.34. The van der Waals surface area contributed by atoms with Crippen LogP contribution in [0.4, 0.5) is 0 Å². The Morgan fingerprint density at radius 2 is 1.74 bits per heavy atom. The monoisotopic (exact) mass is 255 g/mol. The maximum Gasteiger partial charge on any atom is 0.0346 e. The second-order valence-electron chi connectivity index (χ2n) is 5.42. The van der Waals surface area contributed by atoms with Crippen LogP contribution in [0.1, 0.15) is 45.2 Å². The second-order valence-corrected chi connectivity index (χ2v) is 5.42. The summed E-state index contributed by atoms with van der Waals surface area (Å²) in [4.78, 5) is 0. The Kier molecular flexibility index (Phi) is 4.98. The van der Waals surface area contributed by atoms with Crippen LogP contribution in [0.3, 0.4) is 0 Å². The highest BCUT2D eigenvalue weighted by Crippen LogP contribution is 2.27. The molecule has 0 aromatic heterocycles. The molecule has 2 aromatic rings. The number of rotatable bonds is 6. The summed E-state index contributed by atoms with van der Waals surface area (Å²) in [7, 11) is 0. The minimum Gasteiger partial charge on any atom is -0.310 e. The van der Waals surface area contributed by atoms with Gasteiger partial charge in [-0.15, -0.1) is 0 Å². The molecular formula is C18H25N. The molecule has 102 valence electrons. The molecule has 1 N–H and O–H groups in total. The summed E-state index contributed by atoms with van der Waals surface area (Å²) in [6.45, 7) is 7.91. The van der Waals surface area contributed by atoms with Crippen molar-refractivity contribution in [2.24, 2.45) is 5.92 Å². The van der Waals surface area contributed by atoms with E-state index in [0.717, 1.165) is 6.54 Å². The van der Waals surface area contributed by atoms with Crippen LogP contribution in [0.2, 0.25) is 0 Å². The van der Waals surface area contributed by atoms with Crippen molar-refractivity contribution in [3.05, 3.63) is 48.0 Å². The third kappa shape index (κ3) is 3.36. The third-order valence-corrected chi connectivity index (χ3v) is 3.96. The highest BCUT2D eigenvalue weighted by atomic mass is 14.9. The van der Waals surface area contributed by atoms with Crippen molar-refractivity contribution in [2.45, 2.75) is 39.7 Å². The van der Waals surface area contributed by atoms with Gasteiger partial charge in [-0.3, -0.25) is 0 Å². The molecule has 0 amide bonds. The zero-order valence-corrected chi connectivity index (χ0v) is 12.3. The maximum absolute atomic E-state index is 3.70. The van der Waals surface area contributed by atoms with E-state index >= 15 is 0 Å². The van der Waals surface area contributed by atoms with Crippen molar-refractivity contribution in [3.8, 4) is 0 Å². The highest BCUT2D eigenvalue weighted by Gasteiger charge is 2.17. The smallest absolute Gasteiger partial charge is 0.0346 e. The molecule has 2 atom stereocenters. The van der Waals surface area contributed by atoms with Gasteiger partial charge in [-0.1, -0.05) is 63.6 Å². The minimum absolute atomic E-state index is 0.467. The average molecular weight is 255 g/mol. The summed E-state index contributed by atoms with van der Waals surface area (Å²) >= 11 is 0. The Bertz CT molecular complexity index is 518. The molecule has 2 aromatic carbocycles. The first kappa shape index (κ1) is 14.1. The molecule has 0 bridgehead atoms. The molecule has 0 saturated carbocycles. The van der Waals surface area contributed by atoms with Gasteiger partial charge in [0.15, 0.2) is 0 Å². The quantitative estimate of drug-likeness (QED) is 0.772. The molecule has 0 fully saturated rings. The van der Waals surface area contributed by atoms with Gasteiger partial charge in [-0.05, 0) is 41.3 Å². The van der Waals surface area contributed by atoms with E-state index in [1.54, 1.807) is 0 Å². The first-order chi connectivity index (χ1) is 9.26. The van der Waals surface area contributed by atoms with Crippen molar-refractivity contribution >= 4 is 10.8 Å². The Balaban J connectivity index is 2.32. The molecule has 1 nitrogen and oxygen atoms in total. The molecular weight excluding hydrogens is 230 g/mol. The molecule has 19 heavy (non-hydrogen) atoms. The van der Waals surface area contributed by atoms with E-state index in [4.69, 9.17) is 0 Å². The van der Waals surface area contributed by atoms with Crippen LogP contribution >= 0.6 is 0 Å². The Morgan fingerprint density at radius 1 is 1.00 bits per heavy atom. The lowest BCUT2D eigenvalue weighted by Crippen LogP contribution is -2.27. The Morgan fingerprint density at radius 3 is 2.42 bits per heavy atom. The first-order valence-corrected chi connectivity index (χ1v) is 7.48. The zero-order chi connectivity index (χ0) is 13.7. The van der Waals surface area contributed by atoms with Crippen LogP contribution in [0.15, 0.2) is 42.5 Å². The van der Waals surface area contributed by atoms with E-state index in [2.05, 4.69) is 68.6 Å². The predicted octanol–water partition coefficient (Wildman–Crippen LogP) is 4.93. The molecule has 0 aliphatic rings. The van der Waals surface area contributed by atoms with Crippen LogP contribution in [-0.4, -0.2) is 6.54 Å². The summed E-state index contributed by atoms with van der Waals surface area (Å²) in [6.07, 6.45) is 2.38. The standard InChI is InChI=1S/C18H25N/c1-4-12-19-18(14(3)5-2)17-11-10-15-8-6-7-9-16(15)13-17/h6-11,13-14,18-19H,4-5,12H2,1-3H3. The largest absolute Gasteiger partial charge is 0.310 e. The predicted molar refractivity (Wildman–Crippen MR) is 84.4 cm³/mol. The van der Waals surface area contributed by atoms with Gasteiger partial charge in [0.25, 0.3) is 0 Å². The molecule has 0 radical (unpaired) electrons. The van der Waals surface area contributed by atoms with Crippen molar-refractivity contribution in [1.29, 1.82) is 0 Å². The second kappa shape index (κ2) is 6.72. The van der Waals surface area contributed by atoms with Crippen LogP contribution in [0, 0.1) is 5.92 Å². The lowest BCUT2D eigenvalue weighted by Gasteiger charge is -2.25. The average Bonchev–Trinajstić information content (AvgIpc) is 2.47. The van der Waals surface area contributed by atoms with Gasteiger partial charge >= 0.3 is 0 Å². The van der Waals surface area contributed by atoms with Crippen LogP contribution in [0.5, 0.6) is 0 Å². The van der Waals surface area contributed by atoms with E-state index in [-0.39, 0.29) is 0 Å². The lowest BCUT2D eigenvalue weighted by molar-refractivity contribution is 0.377. The van der Waals surface area contributed by atoms with Gasteiger partial charge in [0, 0.05) is 6.04 Å². The topological polar surface area (TPSA) is 12.0 Å². The molecule has 0 spiro atoms. The number of benzene rings is 2. The van der Waals surface area contributed by atoms with Crippen molar-refractivity contribution in [1.82, 2.24) is 5.32 Å². The maximum atomic E-state index is 3.70. The number of nitrogens with one attached hydrogen (secondary N) is 1. The molecule has 0 aliphatic carbocycles. The molecule has 2 unspecified atom stereocenters. The van der Waals surface area contributed by atoms with Gasteiger partial charge in [0.1, 0.15) is 0 Å². The van der Waals surface area contributed by atoms with E-state index in [1.165, 1.54) is 29.2 Å². The number of hydrogen-bond donors (Lipinski definition) is 1. The van der Waals surface area contributed by atoms with Crippen LogP contribution in [0.25, 0.3) is 10.8 Å². The minimum atomic E-state index is 0.467. The van der Waals surface area contributed by atoms with Crippen LogP contribution < -0.4 is 5.32 Å². The molecule has 0 saturated heterocycles. The van der Waals surface area contributed by atoms with Crippen LogP contribution in [-0.2, 0) is 0 Å². The van der Waals surface area contributed by atoms with E-state index in [1.807, 2.05) is 0 Å². The molecule has 2 rings (SSSR count). The van der Waals surface area contributed by atoms with Crippen molar-refractivity contribution < 1.29 is 0 Å². The normalized spacial score (nSPS) is 14.5. The summed E-state index contributed by atoms with van der Waals surface area (Å²) in [6, 6.07) is 15.9. The highest BCUT2D eigenvalue weighted by molar-refractivity contribution is 5.83. The van der Waals surface area contributed by atoms with E-state index in [0.29, 0.717) is 12.0 Å². The SMILES string of the molecule is CCCNC(c1ccc2ccccc2c1)C(C)CC. The van der Waals surface area contributed by atoms with Crippen molar-refractivity contribution in [2.75, 3.05) is 6.54 Å². The fourth-order valence-electron chi connectivity index (χ4n) is 2.58. The molecule has 1 heteroatoms. The Labute approximate surface area is 117 Å². The van der Waals surface area contributed by atoms with Gasteiger partial charge in [-0.2, -0.15) is 0 Å².